The molecular formula is C15H17N3O3. The van der Waals surface area contributed by atoms with Gasteiger partial charge in [0.05, 0.1) is 4.92 Å². The van der Waals surface area contributed by atoms with Crippen LogP contribution in [0.4, 0.5) is 11.5 Å². The Hall–Kier alpha value is -2.63. The van der Waals surface area contributed by atoms with E-state index in [0.717, 1.165) is 23.4 Å². The van der Waals surface area contributed by atoms with Crippen molar-refractivity contribution in [3.63, 3.8) is 0 Å². The van der Waals surface area contributed by atoms with E-state index in [2.05, 4.69) is 10.3 Å². The van der Waals surface area contributed by atoms with Crippen LogP contribution in [0, 0.1) is 10.1 Å². The lowest BCUT2D eigenvalue weighted by Gasteiger charge is -2.08. The van der Waals surface area contributed by atoms with Gasteiger partial charge in [0.2, 0.25) is 0 Å². The predicted molar refractivity (Wildman–Crippen MR) is 80.6 cm³/mol. The van der Waals surface area contributed by atoms with Crippen molar-refractivity contribution in [2.24, 2.45) is 0 Å². The maximum Gasteiger partial charge on any atom is 0.311 e. The molecule has 0 fully saturated rings. The fourth-order valence-corrected chi connectivity index (χ4v) is 1.87. The van der Waals surface area contributed by atoms with E-state index in [9.17, 15) is 10.1 Å². The standard InChI is InChI=1S/C15H17N3O3/c1-3-11-4-6-14(13(8-11)18(19)20)21-10-12-5-7-15(16-2)17-9-12/h4-9H,3,10H2,1-2H3,(H,16,17). The Labute approximate surface area is 122 Å². The number of pyridine rings is 1. The van der Waals surface area contributed by atoms with E-state index in [4.69, 9.17) is 4.74 Å². The van der Waals surface area contributed by atoms with Gasteiger partial charge in [-0.05, 0) is 24.1 Å². The number of nitro benzene ring substituents is 1. The highest BCUT2D eigenvalue weighted by Crippen LogP contribution is 2.28. The van der Waals surface area contributed by atoms with E-state index in [-0.39, 0.29) is 18.0 Å². The maximum absolute atomic E-state index is 11.1. The Bertz CT molecular complexity index is 627. The Balaban J connectivity index is 2.13. The quantitative estimate of drug-likeness (QED) is 0.652. The topological polar surface area (TPSA) is 77.3 Å². The largest absolute Gasteiger partial charge is 0.482 e. The van der Waals surface area contributed by atoms with E-state index in [1.54, 1.807) is 25.4 Å². The number of benzene rings is 1. The van der Waals surface area contributed by atoms with Crippen molar-refractivity contribution in [2.45, 2.75) is 20.0 Å². The lowest BCUT2D eigenvalue weighted by molar-refractivity contribution is -0.386. The molecule has 1 aromatic carbocycles. The van der Waals surface area contributed by atoms with Crippen LogP contribution in [0.1, 0.15) is 18.1 Å². The minimum absolute atomic E-state index is 0.00541. The number of nitrogens with zero attached hydrogens (tertiary/aromatic N) is 2. The van der Waals surface area contributed by atoms with E-state index in [1.807, 2.05) is 25.1 Å². The molecule has 0 aliphatic rings. The molecule has 0 radical (unpaired) electrons. The number of hydrogen-bond donors (Lipinski definition) is 1. The smallest absolute Gasteiger partial charge is 0.311 e. The van der Waals surface area contributed by atoms with Crippen LogP contribution >= 0.6 is 0 Å². The normalized spacial score (nSPS) is 10.2. The van der Waals surface area contributed by atoms with Gasteiger partial charge in [-0.3, -0.25) is 10.1 Å². The summed E-state index contributed by atoms with van der Waals surface area (Å²) in [5.74, 6) is 1.03. The molecule has 0 bridgehead atoms. The first-order chi connectivity index (χ1) is 10.1. The summed E-state index contributed by atoms with van der Waals surface area (Å²) in [6.45, 7) is 2.19. The van der Waals surface area contributed by atoms with Crippen LogP contribution in [0.2, 0.25) is 0 Å². The summed E-state index contributed by atoms with van der Waals surface area (Å²) >= 11 is 0. The van der Waals surface area contributed by atoms with Gasteiger partial charge in [-0.15, -0.1) is 0 Å². The molecule has 0 saturated carbocycles. The minimum Gasteiger partial charge on any atom is -0.482 e. The van der Waals surface area contributed by atoms with Gasteiger partial charge in [0.1, 0.15) is 12.4 Å². The summed E-state index contributed by atoms with van der Waals surface area (Å²) in [7, 11) is 1.79. The van der Waals surface area contributed by atoms with E-state index in [0.29, 0.717) is 0 Å². The van der Waals surface area contributed by atoms with E-state index in [1.165, 1.54) is 0 Å². The highest BCUT2D eigenvalue weighted by atomic mass is 16.6. The third-order valence-corrected chi connectivity index (χ3v) is 3.10. The van der Waals surface area contributed by atoms with Crippen molar-refractivity contribution in [3.05, 3.63) is 57.8 Å². The molecule has 0 spiro atoms. The van der Waals surface area contributed by atoms with Gasteiger partial charge in [0.15, 0.2) is 5.75 Å². The average molecular weight is 287 g/mol. The molecule has 1 aromatic heterocycles. The summed E-state index contributed by atoms with van der Waals surface area (Å²) in [6.07, 6.45) is 2.43. The predicted octanol–water partition coefficient (Wildman–Crippen LogP) is 3.17. The molecule has 2 rings (SSSR count). The monoisotopic (exact) mass is 287 g/mol. The molecule has 1 N–H and O–H groups in total. The zero-order valence-corrected chi connectivity index (χ0v) is 12.0. The summed E-state index contributed by atoms with van der Waals surface area (Å²) < 4.78 is 5.56. The molecule has 6 heteroatoms. The fraction of sp³-hybridized carbons (Fsp3) is 0.267. The van der Waals surface area contributed by atoms with Gasteiger partial charge in [-0.1, -0.05) is 19.1 Å². The number of nitrogens with one attached hydrogen (secondary N) is 1. The Morgan fingerprint density at radius 2 is 2.05 bits per heavy atom. The van der Waals surface area contributed by atoms with Crippen LogP contribution in [0.15, 0.2) is 36.5 Å². The summed E-state index contributed by atoms with van der Waals surface area (Å²) in [5, 5.41) is 14.0. The highest BCUT2D eigenvalue weighted by Gasteiger charge is 2.15. The molecule has 0 atom stereocenters. The molecule has 0 aliphatic carbocycles. The van der Waals surface area contributed by atoms with Gasteiger partial charge in [-0.2, -0.15) is 0 Å². The minimum atomic E-state index is -0.420. The van der Waals surface area contributed by atoms with Gasteiger partial charge >= 0.3 is 5.69 Å². The molecule has 2 aromatic rings. The molecule has 6 nitrogen and oxygen atoms in total. The zero-order valence-electron chi connectivity index (χ0n) is 12.0. The summed E-state index contributed by atoms with van der Waals surface area (Å²) in [6, 6.07) is 8.73. The van der Waals surface area contributed by atoms with Crippen molar-refractivity contribution in [1.82, 2.24) is 4.98 Å². The van der Waals surface area contributed by atoms with Crippen molar-refractivity contribution in [2.75, 3.05) is 12.4 Å². The van der Waals surface area contributed by atoms with E-state index >= 15 is 0 Å². The molecule has 0 aliphatic heterocycles. The molecule has 0 unspecified atom stereocenters. The average Bonchev–Trinajstić information content (AvgIpc) is 2.53. The van der Waals surface area contributed by atoms with Crippen LogP contribution in [-0.2, 0) is 13.0 Å². The van der Waals surface area contributed by atoms with Crippen LogP contribution in [0.3, 0.4) is 0 Å². The number of anilines is 1. The van der Waals surface area contributed by atoms with Gasteiger partial charge in [0, 0.05) is 24.9 Å². The lowest BCUT2D eigenvalue weighted by atomic mass is 10.1. The van der Waals surface area contributed by atoms with Crippen LogP contribution < -0.4 is 10.1 Å². The highest BCUT2D eigenvalue weighted by molar-refractivity contribution is 5.48. The molecule has 1 heterocycles. The van der Waals surface area contributed by atoms with E-state index < -0.39 is 4.92 Å². The number of ether oxygens (including phenoxy) is 1. The third kappa shape index (κ3) is 3.68. The molecular weight excluding hydrogens is 270 g/mol. The second kappa shape index (κ2) is 6.69. The van der Waals surface area contributed by atoms with Gasteiger partial charge in [0.25, 0.3) is 0 Å². The third-order valence-electron chi connectivity index (χ3n) is 3.10. The van der Waals surface area contributed by atoms with Crippen LogP contribution in [0.5, 0.6) is 5.75 Å². The van der Waals surface area contributed by atoms with Crippen molar-refractivity contribution < 1.29 is 9.66 Å². The number of rotatable bonds is 6. The number of hydrogen-bond acceptors (Lipinski definition) is 5. The van der Waals surface area contributed by atoms with Crippen LogP contribution in [-0.4, -0.2) is 17.0 Å². The second-order valence-corrected chi connectivity index (χ2v) is 4.50. The van der Waals surface area contributed by atoms with Crippen LogP contribution in [0.25, 0.3) is 0 Å². The first kappa shape index (κ1) is 14.8. The molecule has 0 amide bonds. The van der Waals surface area contributed by atoms with Gasteiger partial charge in [-0.25, -0.2) is 4.98 Å². The Kier molecular flexibility index (Phi) is 4.71. The second-order valence-electron chi connectivity index (χ2n) is 4.50. The Morgan fingerprint density at radius 3 is 2.62 bits per heavy atom. The fourth-order valence-electron chi connectivity index (χ4n) is 1.87. The molecule has 0 saturated heterocycles. The molecule has 110 valence electrons. The van der Waals surface area contributed by atoms with Crippen molar-refractivity contribution in [3.8, 4) is 5.75 Å². The zero-order chi connectivity index (χ0) is 15.2. The summed E-state index contributed by atoms with van der Waals surface area (Å²) in [5.41, 5.74) is 1.76. The first-order valence-corrected chi connectivity index (χ1v) is 6.66. The first-order valence-electron chi connectivity index (χ1n) is 6.66. The van der Waals surface area contributed by atoms with Crippen molar-refractivity contribution in [1.29, 1.82) is 0 Å². The summed E-state index contributed by atoms with van der Waals surface area (Å²) in [4.78, 5) is 14.8. The SMILES string of the molecule is CCc1ccc(OCc2ccc(NC)nc2)c([N+](=O)[O-])c1. The maximum atomic E-state index is 11.1. The number of aromatic nitrogens is 1. The number of nitro groups is 1. The van der Waals surface area contributed by atoms with Crippen molar-refractivity contribution >= 4 is 11.5 Å². The lowest BCUT2D eigenvalue weighted by Crippen LogP contribution is -2.01. The Morgan fingerprint density at radius 1 is 1.29 bits per heavy atom. The number of aryl methyl sites for hydroxylation is 1. The molecule has 21 heavy (non-hydrogen) atoms. The van der Waals surface area contributed by atoms with Gasteiger partial charge < -0.3 is 10.1 Å².